The SMILES string of the molecule is CCCCCNC1CCC(Nc2c(C(N)=Nc3cc(F)ccc3C)cnn3cc(-c4ccc(OC)cc4C)cc23)CC1. The molecular formula is C34H43FN6O. The van der Waals surface area contributed by atoms with Crippen LogP contribution in [0.15, 0.2) is 59.9 Å². The fourth-order valence-electron chi connectivity index (χ4n) is 5.86. The number of aromatic nitrogens is 2. The third-order valence-electron chi connectivity index (χ3n) is 8.36. The van der Waals surface area contributed by atoms with Crippen molar-refractivity contribution in [1.29, 1.82) is 0 Å². The minimum atomic E-state index is -0.342. The number of nitrogens with two attached hydrogens (primary N) is 1. The molecule has 42 heavy (non-hydrogen) atoms. The highest BCUT2D eigenvalue weighted by molar-refractivity contribution is 6.06. The Morgan fingerprint density at radius 2 is 1.83 bits per heavy atom. The number of fused-ring (bicyclic) bond motifs is 1. The molecular weight excluding hydrogens is 527 g/mol. The highest BCUT2D eigenvalue weighted by atomic mass is 19.1. The molecule has 1 fully saturated rings. The largest absolute Gasteiger partial charge is 0.497 e. The Balaban J connectivity index is 1.48. The first kappa shape index (κ1) is 29.6. The van der Waals surface area contributed by atoms with Crippen LogP contribution >= 0.6 is 0 Å². The molecule has 0 saturated heterocycles. The van der Waals surface area contributed by atoms with Gasteiger partial charge in [0.15, 0.2) is 0 Å². The van der Waals surface area contributed by atoms with Gasteiger partial charge in [-0.25, -0.2) is 13.9 Å². The molecule has 2 aromatic carbocycles. The molecule has 1 saturated carbocycles. The maximum absolute atomic E-state index is 14.0. The van der Waals surface area contributed by atoms with Crippen molar-refractivity contribution in [2.24, 2.45) is 10.7 Å². The van der Waals surface area contributed by atoms with Crippen molar-refractivity contribution >= 4 is 22.7 Å². The number of amidine groups is 1. The van der Waals surface area contributed by atoms with Crippen LogP contribution in [0, 0.1) is 19.7 Å². The van der Waals surface area contributed by atoms with Crippen LogP contribution in [0.2, 0.25) is 0 Å². The van der Waals surface area contributed by atoms with Gasteiger partial charge in [0, 0.05) is 23.8 Å². The summed E-state index contributed by atoms with van der Waals surface area (Å²) in [6.07, 6.45) is 11.9. The third kappa shape index (κ3) is 6.76. The summed E-state index contributed by atoms with van der Waals surface area (Å²) in [4.78, 5) is 4.65. The standard InChI is InChI=1S/C34H43FN6O/c1-5-6-7-16-37-26-10-12-27(13-11-26)39-33-30(34(36)40-31-19-25(35)9-8-22(31)2)20-38-41-21-24(18-32(33)41)29-15-14-28(42-4)17-23(29)3/h8-9,14-15,17-21,26-27,37,39H,5-7,10-13,16H2,1-4H3,(H2,36,40). The average molecular weight is 571 g/mol. The molecule has 5 rings (SSSR count). The van der Waals surface area contributed by atoms with E-state index in [0.717, 1.165) is 71.4 Å². The van der Waals surface area contributed by atoms with Gasteiger partial charge in [0.25, 0.3) is 0 Å². The number of aliphatic imine (C=N–C) groups is 1. The van der Waals surface area contributed by atoms with Gasteiger partial charge in [-0.1, -0.05) is 31.9 Å². The summed E-state index contributed by atoms with van der Waals surface area (Å²) >= 11 is 0. The second-order valence-corrected chi connectivity index (χ2v) is 11.5. The minimum absolute atomic E-state index is 0.299. The van der Waals surface area contributed by atoms with Crippen LogP contribution in [0.25, 0.3) is 16.6 Å². The first-order valence-electron chi connectivity index (χ1n) is 15.1. The van der Waals surface area contributed by atoms with Crippen molar-refractivity contribution in [2.45, 2.75) is 77.8 Å². The lowest BCUT2D eigenvalue weighted by molar-refractivity contribution is 0.352. The van der Waals surface area contributed by atoms with Crippen molar-refractivity contribution in [1.82, 2.24) is 14.9 Å². The van der Waals surface area contributed by atoms with Crippen molar-refractivity contribution in [3.05, 3.63) is 77.4 Å². The number of ether oxygens (including phenoxy) is 1. The van der Waals surface area contributed by atoms with E-state index >= 15 is 0 Å². The van der Waals surface area contributed by atoms with Gasteiger partial charge >= 0.3 is 0 Å². The average Bonchev–Trinajstić information content (AvgIpc) is 3.42. The second kappa shape index (κ2) is 13.4. The molecule has 8 heteroatoms. The first-order chi connectivity index (χ1) is 20.4. The summed E-state index contributed by atoms with van der Waals surface area (Å²) in [5.74, 6) is 0.788. The van der Waals surface area contributed by atoms with Crippen molar-refractivity contribution < 1.29 is 9.13 Å². The minimum Gasteiger partial charge on any atom is -0.497 e. The molecule has 7 nitrogen and oxygen atoms in total. The molecule has 4 aromatic rings. The second-order valence-electron chi connectivity index (χ2n) is 11.5. The summed E-state index contributed by atoms with van der Waals surface area (Å²) in [5, 5.41) is 12.3. The number of benzene rings is 2. The zero-order chi connectivity index (χ0) is 29.6. The fourth-order valence-corrected chi connectivity index (χ4v) is 5.86. The number of nitrogens with zero attached hydrogens (tertiary/aromatic N) is 3. The summed E-state index contributed by atoms with van der Waals surface area (Å²) in [6.45, 7) is 7.32. The molecule has 1 aliphatic rings. The molecule has 2 heterocycles. The molecule has 0 aliphatic heterocycles. The number of halogens is 1. The molecule has 2 aromatic heterocycles. The van der Waals surface area contributed by atoms with Crippen molar-refractivity contribution in [3.8, 4) is 16.9 Å². The van der Waals surface area contributed by atoms with E-state index in [4.69, 9.17) is 15.6 Å². The van der Waals surface area contributed by atoms with Gasteiger partial charge in [0.1, 0.15) is 17.4 Å². The Kier molecular flexibility index (Phi) is 9.42. The van der Waals surface area contributed by atoms with Gasteiger partial charge in [-0.05, 0) is 99.5 Å². The van der Waals surface area contributed by atoms with E-state index < -0.39 is 0 Å². The molecule has 4 N–H and O–H groups in total. The summed E-state index contributed by atoms with van der Waals surface area (Å²) in [5.41, 5.74) is 13.8. The number of rotatable bonds is 11. The molecule has 222 valence electrons. The number of nitrogens with one attached hydrogen (secondary N) is 2. The lowest BCUT2D eigenvalue weighted by Crippen LogP contribution is -2.37. The summed E-state index contributed by atoms with van der Waals surface area (Å²) in [6, 6.07) is 13.7. The summed E-state index contributed by atoms with van der Waals surface area (Å²) in [7, 11) is 1.68. The molecule has 0 bridgehead atoms. The topological polar surface area (TPSA) is 89.0 Å². The van der Waals surface area contributed by atoms with E-state index in [0.29, 0.717) is 29.2 Å². The zero-order valence-corrected chi connectivity index (χ0v) is 25.2. The maximum Gasteiger partial charge on any atom is 0.135 e. The van der Waals surface area contributed by atoms with Crippen LogP contribution in [0.5, 0.6) is 5.75 Å². The van der Waals surface area contributed by atoms with Gasteiger partial charge < -0.3 is 21.1 Å². The van der Waals surface area contributed by atoms with E-state index in [9.17, 15) is 4.39 Å². The first-order valence-corrected chi connectivity index (χ1v) is 15.1. The Labute approximate surface area is 248 Å². The number of unbranched alkanes of at least 4 members (excludes halogenated alkanes) is 2. The summed E-state index contributed by atoms with van der Waals surface area (Å²) < 4.78 is 21.3. The van der Waals surface area contributed by atoms with E-state index in [1.54, 1.807) is 19.4 Å². The lowest BCUT2D eigenvalue weighted by atomic mass is 9.90. The van der Waals surface area contributed by atoms with Crippen LogP contribution in [0.4, 0.5) is 15.8 Å². The van der Waals surface area contributed by atoms with E-state index in [1.165, 1.54) is 31.4 Å². The van der Waals surface area contributed by atoms with E-state index in [1.807, 2.05) is 29.8 Å². The Morgan fingerprint density at radius 3 is 2.57 bits per heavy atom. The van der Waals surface area contributed by atoms with Crippen LogP contribution in [-0.2, 0) is 0 Å². The van der Waals surface area contributed by atoms with E-state index in [-0.39, 0.29) is 5.82 Å². The fraction of sp³-hybridized carbons (Fsp3) is 0.412. The van der Waals surface area contributed by atoms with Crippen LogP contribution in [0.3, 0.4) is 0 Å². The monoisotopic (exact) mass is 570 g/mol. The Hall–Kier alpha value is -3.91. The van der Waals surface area contributed by atoms with Crippen LogP contribution in [-0.4, -0.2) is 41.2 Å². The van der Waals surface area contributed by atoms with Crippen LogP contribution < -0.4 is 21.1 Å². The van der Waals surface area contributed by atoms with Crippen LogP contribution in [0.1, 0.15) is 68.6 Å². The highest BCUT2D eigenvalue weighted by Gasteiger charge is 2.24. The Bertz CT molecular complexity index is 1550. The quantitative estimate of drug-likeness (QED) is 0.1000. The number of hydrogen-bond donors (Lipinski definition) is 3. The predicted octanol–water partition coefficient (Wildman–Crippen LogP) is 7.31. The molecule has 0 unspecified atom stereocenters. The van der Waals surface area contributed by atoms with Crippen molar-refractivity contribution in [3.63, 3.8) is 0 Å². The number of hydrogen-bond acceptors (Lipinski definition) is 5. The molecule has 0 spiro atoms. The van der Waals surface area contributed by atoms with Gasteiger partial charge in [0.2, 0.25) is 0 Å². The number of methoxy groups -OCH3 is 1. The third-order valence-corrected chi connectivity index (χ3v) is 8.36. The number of aryl methyl sites for hydroxylation is 2. The molecule has 1 aliphatic carbocycles. The molecule has 0 amide bonds. The van der Waals surface area contributed by atoms with Gasteiger partial charge in [0.05, 0.1) is 35.8 Å². The normalized spacial score (nSPS) is 17.5. The molecule has 0 radical (unpaired) electrons. The Morgan fingerprint density at radius 1 is 1.05 bits per heavy atom. The van der Waals surface area contributed by atoms with E-state index in [2.05, 4.69) is 41.6 Å². The highest BCUT2D eigenvalue weighted by Crippen LogP contribution is 2.34. The zero-order valence-electron chi connectivity index (χ0n) is 25.2. The molecule has 0 atom stereocenters. The van der Waals surface area contributed by atoms with Gasteiger partial charge in [-0.3, -0.25) is 0 Å². The van der Waals surface area contributed by atoms with Gasteiger partial charge in [-0.15, -0.1) is 0 Å². The lowest BCUT2D eigenvalue weighted by Gasteiger charge is -2.31. The predicted molar refractivity (Wildman–Crippen MR) is 171 cm³/mol. The number of anilines is 1. The maximum atomic E-state index is 14.0. The van der Waals surface area contributed by atoms with Crippen molar-refractivity contribution in [2.75, 3.05) is 19.0 Å². The smallest absolute Gasteiger partial charge is 0.135 e. The van der Waals surface area contributed by atoms with Gasteiger partial charge in [-0.2, -0.15) is 5.10 Å².